The number of carbonyl (C=O) groups excluding carboxylic acids is 2. The number of amides is 1. The summed E-state index contributed by atoms with van der Waals surface area (Å²) in [4.78, 5) is 27.4. The van der Waals surface area contributed by atoms with Gasteiger partial charge in [-0.2, -0.15) is 0 Å². The van der Waals surface area contributed by atoms with Gasteiger partial charge in [-0.25, -0.2) is 9.78 Å². The number of nitrogens with zero attached hydrogens (tertiary/aromatic N) is 1. The average Bonchev–Trinajstić information content (AvgIpc) is 2.88. The Morgan fingerprint density at radius 1 is 1.43 bits per heavy atom. The smallest absolute Gasteiger partial charge is 0.339 e. The summed E-state index contributed by atoms with van der Waals surface area (Å²) in [6, 6.07) is 0. The predicted octanol–water partition coefficient (Wildman–Crippen LogP) is 2.70. The number of hydrogen-bond donors (Lipinski definition) is 1. The fraction of sp³-hybridized carbons (Fsp3) is 0.533. The summed E-state index contributed by atoms with van der Waals surface area (Å²) in [7, 11) is 1.38. The lowest BCUT2D eigenvalue weighted by atomic mass is 10.1. The monoisotopic (exact) mass is 306 g/mol. The normalized spacial score (nSPS) is 27.1. The van der Waals surface area contributed by atoms with E-state index in [0.29, 0.717) is 22.3 Å². The van der Waals surface area contributed by atoms with Crippen molar-refractivity contribution in [2.24, 2.45) is 17.8 Å². The third kappa shape index (κ3) is 2.85. The Labute approximate surface area is 127 Å². The summed E-state index contributed by atoms with van der Waals surface area (Å²) < 4.78 is 4.88. The molecule has 21 heavy (non-hydrogen) atoms. The van der Waals surface area contributed by atoms with Gasteiger partial charge >= 0.3 is 5.97 Å². The fourth-order valence-electron chi connectivity index (χ4n) is 3.29. The highest BCUT2D eigenvalue weighted by molar-refractivity contribution is 7.14. The molecule has 0 saturated heterocycles. The van der Waals surface area contributed by atoms with Gasteiger partial charge in [0.15, 0.2) is 5.13 Å². The van der Waals surface area contributed by atoms with Crippen LogP contribution in [-0.4, -0.2) is 24.0 Å². The Morgan fingerprint density at radius 3 is 2.76 bits per heavy atom. The van der Waals surface area contributed by atoms with E-state index in [1.807, 2.05) is 6.08 Å². The highest BCUT2D eigenvalue weighted by Crippen LogP contribution is 2.58. The second kappa shape index (κ2) is 5.60. The number of methoxy groups -OCH3 is 1. The summed E-state index contributed by atoms with van der Waals surface area (Å²) in [5.41, 5.74) is 1.10. The van der Waals surface area contributed by atoms with Crippen molar-refractivity contribution in [3.63, 3.8) is 0 Å². The van der Waals surface area contributed by atoms with Crippen LogP contribution < -0.4 is 5.32 Å². The molecule has 0 bridgehead atoms. The maximum Gasteiger partial charge on any atom is 0.339 e. The number of esters is 1. The van der Waals surface area contributed by atoms with Crippen LogP contribution >= 0.6 is 11.3 Å². The van der Waals surface area contributed by atoms with Gasteiger partial charge in [0.25, 0.3) is 0 Å². The molecular weight excluding hydrogens is 288 g/mol. The van der Waals surface area contributed by atoms with Gasteiger partial charge in [-0.15, -0.1) is 11.3 Å². The summed E-state index contributed by atoms with van der Waals surface area (Å²) in [6.07, 6.45) is 5.84. The van der Waals surface area contributed by atoms with Crippen molar-refractivity contribution in [2.75, 3.05) is 12.4 Å². The molecule has 5 nitrogen and oxygen atoms in total. The van der Waals surface area contributed by atoms with Crippen molar-refractivity contribution in [3.05, 3.63) is 17.2 Å². The van der Waals surface area contributed by atoms with E-state index in [4.69, 9.17) is 4.74 Å². The molecule has 3 rings (SSSR count). The van der Waals surface area contributed by atoms with Crippen molar-refractivity contribution in [1.29, 1.82) is 0 Å². The van der Waals surface area contributed by atoms with Crippen LogP contribution in [0.1, 0.15) is 31.9 Å². The molecule has 0 radical (unpaired) electrons. The third-order valence-corrected chi connectivity index (χ3v) is 5.06. The van der Waals surface area contributed by atoms with Crippen molar-refractivity contribution in [2.45, 2.75) is 26.2 Å². The van der Waals surface area contributed by atoms with Crippen LogP contribution in [-0.2, 0) is 14.3 Å². The number of allylic oxidation sites excluding steroid dienone is 1. The Kier molecular flexibility index (Phi) is 3.80. The molecule has 0 spiro atoms. The van der Waals surface area contributed by atoms with Gasteiger partial charge in [0.1, 0.15) is 0 Å². The zero-order valence-corrected chi connectivity index (χ0v) is 12.9. The molecule has 1 heterocycles. The minimum atomic E-state index is -0.361. The molecule has 2 fully saturated rings. The first-order chi connectivity index (χ1) is 10.1. The molecule has 2 aliphatic carbocycles. The first kappa shape index (κ1) is 14.3. The van der Waals surface area contributed by atoms with Gasteiger partial charge in [0, 0.05) is 12.3 Å². The number of anilines is 1. The van der Waals surface area contributed by atoms with E-state index in [1.165, 1.54) is 44.6 Å². The van der Waals surface area contributed by atoms with Crippen molar-refractivity contribution >= 4 is 33.9 Å². The summed E-state index contributed by atoms with van der Waals surface area (Å²) in [5.74, 6) is 1.42. The first-order valence-corrected chi connectivity index (χ1v) is 8.01. The SMILES string of the molecule is COC(=O)C(=CC1C2CCCC12)c1csc(NC(C)=O)n1. The van der Waals surface area contributed by atoms with E-state index in [1.54, 1.807) is 5.38 Å². The topological polar surface area (TPSA) is 68.3 Å². The zero-order valence-electron chi connectivity index (χ0n) is 12.1. The molecule has 0 aliphatic heterocycles. The molecule has 1 aromatic rings. The summed E-state index contributed by atoms with van der Waals surface area (Å²) >= 11 is 1.31. The van der Waals surface area contributed by atoms with Crippen LogP contribution in [0.2, 0.25) is 0 Å². The molecule has 2 aliphatic rings. The van der Waals surface area contributed by atoms with E-state index in [9.17, 15) is 9.59 Å². The first-order valence-electron chi connectivity index (χ1n) is 7.13. The number of rotatable bonds is 4. The van der Waals surface area contributed by atoms with Gasteiger partial charge < -0.3 is 10.1 Å². The Morgan fingerprint density at radius 2 is 2.14 bits per heavy atom. The molecule has 112 valence electrons. The minimum absolute atomic E-state index is 0.170. The van der Waals surface area contributed by atoms with E-state index in [0.717, 1.165) is 11.8 Å². The van der Waals surface area contributed by atoms with Crippen LogP contribution in [0, 0.1) is 17.8 Å². The fourth-order valence-corrected chi connectivity index (χ4v) is 4.05. The summed E-state index contributed by atoms with van der Waals surface area (Å²) in [6.45, 7) is 1.43. The quantitative estimate of drug-likeness (QED) is 0.686. The molecule has 1 aromatic heterocycles. The molecule has 1 amide bonds. The highest BCUT2D eigenvalue weighted by Gasteiger charge is 2.51. The Bertz CT molecular complexity index is 598. The van der Waals surface area contributed by atoms with Gasteiger partial charge in [0.05, 0.1) is 18.4 Å². The largest absolute Gasteiger partial charge is 0.465 e. The van der Waals surface area contributed by atoms with Gasteiger partial charge in [-0.05, 0) is 30.6 Å². The highest BCUT2D eigenvalue weighted by atomic mass is 32.1. The number of fused-ring (bicyclic) bond motifs is 1. The maximum atomic E-state index is 12.0. The van der Waals surface area contributed by atoms with Gasteiger partial charge in [-0.1, -0.05) is 12.5 Å². The average molecular weight is 306 g/mol. The third-order valence-electron chi connectivity index (χ3n) is 4.30. The molecule has 1 N–H and O–H groups in total. The van der Waals surface area contributed by atoms with Crippen LogP contribution in [0.5, 0.6) is 0 Å². The van der Waals surface area contributed by atoms with Gasteiger partial charge in [-0.3, -0.25) is 4.79 Å². The molecule has 2 atom stereocenters. The lowest BCUT2D eigenvalue weighted by molar-refractivity contribution is -0.133. The lowest BCUT2D eigenvalue weighted by Crippen LogP contribution is -2.07. The van der Waals surface area contributed by atoms with E-state index < -0.39 is 0 Å². The molecule has 0 aromatic carbocycles. The zero-order chi connectivity index (χ0) is 15.0. The Hall–Kier alpha value is -1.69. The Balaban J connectivity index is 1.82. The molecule has 2 saturated carbocycles. The number of thiazole rings is 1. The van der Waals surface area contributed by atoms with Gasteiger partial charge in [0.2, 0.25) is 5.91 Å². The van der Waals surface area contributed by atoms with Crippen molar-refractivity contribution in [1.82, 2.24) is 4.98 Å². The van der Waals surface area contributed by atoms with E-state index in [2.05, 4.69) is 10.3 Å². The van der Waals surface area contributed by atoms with E-state index in [-0.39, 0.29) is 11.9 Å². The van der Waals surface area contributed by atoms with Crippen LogP contribution in [0.3, 0.4) is 0 Å². The van der Waals surface area contributed by atoms with Crippen LogP contribution in [0.4, 0.5) is 5.13 Å². The number of carbonyl (C=O) groups is 2. The lowest BCUT2D eigenvalue weighted by Gasteiger charge is -2.04. The van der Waals surface area contributed by atoms with Crippen molar-refractivity contribution in [3.8, 4) is 0 Å². The van der Waals surface area contributed by atoms with Crippen molar-refractivity contribution < 1.29 is 14.3 Å². The second-order valence-electron chi connectivity index (χ2n) is 5.63. The molecular formula is C15H18N2O3S. The predicted molar refractivity (Wildman–Crippen MR) is 80.7 cm³/mol. The van der Waals surface area contributed by atoms with E-state index >= 15 is 0 Å². The second-order valence-corrected chi connectivity index (χ2v) is 6.49. The van der Waals surface area contributed by atoms with Crippen LogP contribution in [0.15, 0.2) is 11.5 Å². The standard InChI is InChI=1S/C15H18N2O3S/c1-8(18)16-15-17-13(7-21-15)12(14(19)20-2)6-11-9-4-3-5-10(9)11/h6-7,9-11H,3-5H2,1-2H3,(H,16,17,18). The maximum absolute atomic E-state index is 12.0. The number of ether oxygens (including phenoxy) is 1. The minimum Gasteiger partial charge on any atom is -0.465 e. The van der Waals surface area contributed by atoms with Crippen LogP contribution in [0.25, 0.3) is 5.57 Å². The molecule has 2 unspecified atom stereocenters. The molecule has 6 heteroatoms. The number of hydrogen-bond acceptors (Lipinski definition) is 5. The summed E-state index contributed by atoms with van der Waals surface area (Å²) in [5, 5.41) is 4.92. The number of aromatic nitrogens is 1. The number of nitrogens with one attached hydrogen (secondary N) is 1.